The molecule has 0 radical (unpaired) electrons. The van der Waals surface area contributed by atoms with Gasteiger partial charge in [-0.25, -0.2) is 0 Å². The zero-order valence-corrected chi connectivity index (χ0v) is 9.14. The number of alkyl halides is 3. The van der Waals surface area contributed by atoms with Gasteiger partial charge in [0, 0.05) is 18.0 Å². The van der Waals surface area contributed by atoms with Crippen molar-refractivity contribution in [3.05, 3.63) is 29.9 Å². The van der Waals surface area contributed by atoms with Crippen molar-refractivity contribution in [2.75, 3.05) is 0 Å². The van der Waals surface area contributed by atoms with Crippen LogP contribution in [-0.2, 0) is 6.18 Å². The third-order valence-electron chi connectivity index (χ3n) is 1.97. The molecule has 9 heteroatoms. The molecule has 0 N–H and O–H groups in total. The second-order valence-corrected chi connectivity index (χ2v) is 3.28. The van der Waals surface area contributed by atoms with Crippen molar-refractivity contribution in [3.8, 4) is 11.4 Å². The van der Waals surface area contributed by atoms with E-state index in [2.05, 4.69) is 24.6 Å². The molecule has 0 amide bonds. The van der Waals surface area contributed by atoms with Crippen molar-refractivity contribution in [3.63, 3.8) is 0 Å². The lowest BCUT2D eigenvalue weighted by atomic mass is 10.2. The molecule has 0 fully saturated rings. The molecular formula is C9H6BF3N4O. The minimum atomic E-state index is -4.65. The number of halogens is 3. The Morgan fingerprint density at radius 2 is 2.11 bits per heavy atom. The Kier molecular flexibility index (Phi) is 3.13. The molecule has 0 atom stereocenters. The monoisotopic (exact) mass is 254 g/mol. The van der Waals surface area contributed by atoms with Gasteiger partial charge >= 0.3 is 12.1 Å². The summed E-state index contributed by atoms with van der Waals surface area (Å²) in [5, 5.41) is 3.25. The van der Waals surface area contributed by atoms with Crippen LogP contribution in [0.25, 0.3) is 11.4 Å². The summed E-state index contributed by atoms with van der Waals surface area (Å²) in [6.07, 6.45) is -1.78. The van der Waals surface area contributed by atoms with E-state index < -0.39 is 12.1 Å². The molecule has 92 valence electrons. The zero-order chi connectivity index (χ0) is 13.2. The maximum atomic E-state index is 12.3. The van der Waals surface area contributed by atoms with E-state index in [9.17, 15) is 13.2 Å². The fourth-order valence-corrected chi connectivity index (χ4v) is 1.20. The van der Waals surface area contributed by atoms with E-state index >= 15 is 0 Å². The van der Waals surface area contributed by atoms with Gasteiger partial charge in [-0.05, 0) is 12.1 Å². The predicted octanol–water partition coefficient (Wildman–Crippen LogP) is 1.12. The van der Waals surface area contributed by atoms with Crippen molar-refractivity contribution in [1.29, 1.82) is 0 Å². The number of hydrogen-bond donors (Lipinski definition) is 0. The van der Waals surface area contributed by atoms with E-state index in [-0.39, 0.29) is 5.82 Å². The lowest BCUT2D eigenvalue weighted by Crippen LogP contribution is -2.04. The van der Waals surface area contributed by atoms with Crippen molar-refractivity contribution in [1.82, 2.24) is 15.1 Å². The van der Waals surface area contributed by atoms with Crippen LogP contribution < -0.4 is 0 Å². The van der Waals surface area contributed by atoms with E-state index in [1.54, 1.807) is 14.0 Å². The molecule has 2 aromatic heterocycles. The Morgan fingerprint density at radius 1 is 1.33 bits per heavy atom. The van der Waals surface area contributed by atoms with Gasteiger partial charge in [0.2, 0.25) is 13.8 Å². The smallest absolute Gasteiger partial charge is 0.356 e. The first-order valence-corrected chi connectivity index (χ1v) is 4.80. The number of nitrogens with zero attached hydrogens (tertiary/aromatic N) is 4. The maximum Gasteiger partial charge on any atom is 0.471 e. The molecule has 5 nitrogen and oxygen atoms in total. The van der Waals surface area contributed by atoms with Gasteiger partial charge < -0.3 is 9.43 Å². The molecule has 0 saturated heterocycles. The SMILES string of the molecule is B/N=C\c1ccc(-c2noc(C(F)(F)F)n2)cn1. The summed E-state index contributed by atoms with van der Waals surface area (Å²) >= 11 is 0. The quantitative estimate of drug-likeness (QED) is 0.595. The van der Waals surface area contributed by atoms with Crippen molar-refractivity contribution >= 4 is 14.2 Å². The van der Waals surface area contributed by atoms with Crippen LogP contribution in [0.2, 0.25) is 0 Å². The lowest BCUT2D eigenvalue weighted by molar-refractivity contribution is -0.159. The Morgan fingerprint density at radius 3 is 2.61 bits per heavy atom. The van der Waals surface area contributed by atoms with Crippen LogP contribution in [-0.4, -0.2) is 29.3 Å². The van der Waals surface area contributed by atoms with Crippen molar-refractivity contribution in [2.45, 2.75) is 6.18 Å². The van der Waals surface area contributed by atoms with Gasteiger partial charge in [-0.15, -0.1) is 0 Å². The van der Waals surface area contributed by atoms with Gasteiger partial charge in [-0.3, -0.25) is 4.98 Å². The highest BCUT2D eigenvalue weighted by Crippen LogP contribution is 2.29. The predicted molar refractivity (Wildman–Crippen MR) is 58.7 cm³/mol. The summed E-state index contributed by atoms with van der Waals surface area (Å²) in [5.74, 6) is -1.54. The molecule has 2 rings (SSSR count). The average Bonchev–Trinajstić information content (AvgIpc) is 2.79. The Labute approximate surface area is 100 Å². The number of aromatic nitrogens is 3. The van der Waals surface area contributed by atoms with Crippen molar-refractivity contribution < 1.29 is 17.7 Å². The first-order chi connectivity index (χ1) is 8.50. The van der Waals surface area contributed by atoms with Crippen LogP contribution in [0.3, 0.4) is 0 Å². The summed E-state index contributed by atoms with van der Waals surface area (Å²) in [5.41, 5.74) is 0.920. The summed E-state index contributed by atoms with van der Waals surface area (Å²) in [6.45, 7) is 0. The Bertz CT molecular complexity index is 564. The largest absolute Gasteiger partial charge is 0.471 e. The third-order valence-corrected chi connectivity index (χ3v) is 1.97. The first kappa shape index (κ1) is 12.3. The second kappa shape index (κ2) is 4.59. The van der Waals surface area contributed by atoms with Crippen LogP contribution in [0.15, 0.2) is 27.8 Å². The average molecular weight is 254 g/mol. The van der Waals surface area contributed by atoms with E-state index in [0.29, 0.717) is 11.3 Å². The number of pyridine rings is 1. The van der Waals surface area contributed by atoms with Crippen LogP contribution in [0.1, 0.15) is 11.6 Å². The van der Waals surface area contributed by atoms with Gasteiger partial charge in [-0.2, -0.15) is 18.2 Å². The van der Waals surface area contributed by atoms with Crippen LogP contribution >= 0.6 is 0 Å². The van der Waals surface area contributed by atoms with Crippen molar-refractivity contribution in [2.24, 2.45) is 4.90 Å². The highest BCUT2D eigenvalue weighted by Gasteiger charge is 2.38. The van der Waals surface area contributed by atoms with E-state index in [4.69, 9.17) is 0 Å². The molecule has 0 unspecified atom stereocenters. The highest BCUT2D eigenvalue weighted by molar-refractivity contribution is 6.10. The molecule has 0 aliphatic rings. The van der Waals surface area contributed by atoms with Gasteiger partial charge in [0.1, 0.15) is 0 Å². The van der Waals surface area contributed by atoms with Crippen LogP contribution in [0.4, 0.5) is 13.2 Å². The third kappa shape index (κ3) is 2.55. The van der Waals surface area contributed by atoms with E-state index in [1.165, 1.54) is 18.5 Å². The summed E-state index contributed by atoms with van der Waals surface area (Å²) in [4.78, 5) is 11.0. The molecule has 0 aromatic carbocycles. The minimum Gasteiger partial charge on any atom is -0.356 e. The first-order valence-electron chi connectivity index (χ1n) is 4.80. The summed E-state index contributed by atoms with van der Waals surface area (Å²) < 4.78 is 40.9. The maximum absolute atomic E-state index is 12.3. The van der Waals surface area contributed by atoms with Crippen LogP contribution in [0, 0.1) is 0 Å². The van der Waals surface area contributed by atoms with Gasteiger partial charge in [0.05, 0.1) is 5.69 Å². The molecule has 0 bridgehead atoms. The van der Waals surface area contributed by atoms with E-state index in [1.807, 2.05) is 0 Å². The summed E-state index contributed by atoms with van der Waals surface area (Å²) in [7, 11) is 1.59. The molecule has 0 spiro atoms. The molecule has 0 aliphatic carbocycles. The summed E-state index contributed by atoms with van der Waals surface area (Å²) in [6, 6.07) is 3.13. The number of hydrogen-bond acceptors (Lipinski definition) is 5. The molecule has 2 aromatic rings. The van der Waals surface area contributed by atoms with Gasteiger partial charge in [0.15, 0.2) is 0 Å². The molecule has 2 heterocycles. The molecule has 0 saturated carbocycles. The fraction of sp³-hybridized carbons (Fsp3) is 0.111. The minimum absolute atomic E-state index is 0.158. The Balaban J connectivity index is 2.29. The van der Waals surface area contributed by atoms with Gasteiger partial charge in [0.25, 0.3) is 0 Å². The van der Waals surface area contributed by atoms with Gasteiger partial charge in [-0.1, -0.05) is 5.16 Å². The second-order valence-electron chi connectivity index (χ2n) is 3.28. The normalized spacial score (nSPS) is 12.2. The van der Waals surface area contributed by atoms with Crippen LogP contribution in [0.5, 0.6) is 0 Å². The lowest BCUT2D eigenvalue weighted by Gasteiger charge is -1.96. The zero-order valence-electron chi connectivity index (χ0n) is 9.14. The Hall–Kier alpha value is -2.19. The number of rotatable bonds is 2. The highest BCUT2D eigenvalue weighted by atomic mass is 19.4. The topological polar surface area (TPSA) is 64.2 Å². The fourth-order valence-electron chi connectivity index (χ4n) is 1.20. The van der Waals surface area contributed by atoms with E-state index in [0.717, 1.165) is 0 Å². The molecule has 0 aliphatic heterocycles. The molecular weight excluding hydrogens is 248 g/mol. The standard InChI is InChI=1S/C9H6BF3N4O/c10-15-4-6-2-1-5(3-14-6)7-16-8(18-17-7)9(11,12)13/h1-4H,10H2/b15-4-. The molecule has 18 heavy (non-hydrogen) atoms.